The van der Waals surface area contributed by atoms with E-state index in [0.717, 1.165) is 18.9 Å². The highest BCUT2D eigenvalue weighted by Crippen LogP contribution is 2.33. The second kappa shape index (κ2) is 7.70. The number of aromatic nitrogens is 2. The van der Waals surface area contributed by atoms with E-state index in [1.165, 1.54) is 44.1 Å². The van der Waals surface area contributed by atoms with Crippen LogP contribution in [-0.4, -0.2) is 33.7 Å². The number of hydrogen-bond acceptors (Lipinski definition) is 4. The molecule has 25 heavy (non-hydrogen) atoms. The van der Waals surface area contributed by atoms with Crippen LogP contribution in [0.4, 0.5) is 5.82 Å². The van der Waals surface area contributed by atoms with Gasteiger partial charge in [0.2, 0.25) is 5.91 Å². The molecule has 5 nitrogen and oxygen atoms in total. The van der Waals surface area contributed by atoms with Crippen LogP contribution in [0.1, 0.15) is 62.6 Å². The molecule has 6 heteroatoms. The van der Waals surface area contributed by atoms with Gasteiger partial charge in [0.15, 0.2) is 0 Å². The van der Waals surface area contributed by atoms with E-state index in [1.54, 1.807) is 17.5 Å². The fourth-order valence-electron chi connectivity index (χ4n) is 4.24. The maximum Gasteiger partial charge on any atom is 0.226 e. The van der Waals surface area contributed by atoms with E-state index in [-0.39, 0.29) is 5.91 Å². The summed E-state index contributed by atoms with van der Waals surface area (Å²) >= 11 is 1.75. The SMILES string of the molecule is O=C(CCN1CCC[C@@H]1c1ccsc1)Nc1ccnn1C1CCCC1. The Labute approximate surface area is 153 Å². The van der Waals surface area contributed by atoms with Gasteiger partial charge in [0.25, 0.3) is 0 Å². The highest BCUT2D eigenvalue weighted by molar-refractivity contribution is 7.07. The Morgan fingerprint density at radius 3 is 2.92 bits per heavy atom. The van der Waals surface area contributed by atoms with Gasteiger partial charge in [-0.2, -0.15) is 16.4 Å². The minimum atomic E-state index is 0.0933. The van der Waals surface area contributed by atoms with Gasteiger partial charge in [0, 0.05) is 25.1 Å². The molecule has 2 aromatic heterocycles. The van der Waals surface area contributed by atoms with Gasteiger partial charge in [0.05, 0.1) is 12.2 Å². The van der Waals surface area contributed by atoms with Crippen molar-refractivity contribution in [1.29, 1.82) is 0 Å². The summed E-state index contributed by atoms with van der Waals surface area (Å²) in [5, 5.41) is 11.9. The molecule has 2 aliphatic rings. The van der Waals surface area contributed by atoms with E-state index in [4.69, 9.17) is 0 Å². The molecule has 4 rings (SSSR count). The van der Waals surface area contributed by atoms with Crippen LogP contribution >= 0.6 is 11.3 Å². The van der Waals surface area contributed by atoms with Crippen LogP contribution in [0.3, 0.4) is 0 Å². The number of likely N-dealkylation sites (tertiary alicyclic amines) is 1. The van der Waals surface area contributed by atoms with E-state index in [1.807, 2.05) is 10.7 Å². The fraction of sp³-hybridized carbons (Fsp3) is 0.579. The highest BCUT2D eigenvalue weighted by atomic mass is 32.1. The van der Waals surface area contributed by atoms with Crippen LogP contribution in [0.15, 0.2) is 29.1 Å². The number of amides is 1. The minimum Gasteiger partial charge on any atom is -0.311 e. The van der Waals surface area contributed by atoms with E-state index < -0.39 is 0 Å². The van der Waals surface area contributed by atoms with Crippen LogP contribution in [-0.2, 0) is 4.79 Å². The number of nitrogens with one attached hydrogen (secondary N) is 1. The third-order valence-corrected chi connectivity index (χ3v) is 6.23. The number of carbonyl (C=O) groups excluding carboxylic acids is 1. The first-order valence-electron chi connectivity index (χ1n) is 9.41. The zero-order valence-corrected chi connectivity index (χ0v) is 15.4. The summed E-state index contributed by atoms with van der Waals surface area (Å²) in [7, 11) is 0. The van der Waals surface area contributed by atoms with Gasteiger partial charge in [-0.1, -0.05) is 12.8 Å². The van der Waals surface area contributed by atoms with Crippen LogP contribution in [0.5, 0.6) is 0 Å². The molecule has 134 valence electrons. The topological polar surface area (TPSA) is 50.2 Å². The summed E-state index contributed by atoms with van der Waals surface area (Å²) in [5.74, 6) is 0.948. The third-order valence-electron chi connectivity index (χ3n) is 5.53. The Kier molecular flexibility index (Phi) is 5.17. The average Bonchev–Trinajstić information content (AvgIpc) is 3.39. The molecule has 1 saturated carbocycles. The lowest BCUT2D eigenvalue weighted by Gasteiger charge is -2.23. The van der Waals surface area contributed by atoms with Crippen molar-refractivity contribution in [2.24, 2.45) is 0 Å². The zero-order valence-electron chi connectivity index (χ0n) is 14.6. The van der Waals surface area contributed by atoms with Crippen molar-refractivity contribution in [1.82, 2.24) is 14.7 Å². The van der Waals surface area contributed by atoms with Crippen LogP contribution in [0.25, 0.3) is 0 Å². The second-order valence-electron chi connectivity index (χ2n) is 7.15. The van der Waals surface area contributed by atoms with Gasteiger partial charge in [-0.3, -0.25) is 9.69 Å². The lowest BCUT2D eigenvalue weighted by molar-refractivity contribution is -0.116. The first-order valence-corrected chi connectivity index (χ1v) is 10.3. The van der Waals surface area contributed by atoms with Crippen LogP contribution in [0, 0.1) is 0 Å². The molecule has 3 heterocycles. The van der Waals surface area contributed by atoms with Gasteiger partial charge in [-0.05, 0) is 54.6 Å². The molecule has 2 fully saturated rings. The summed E-state index contributed by atoms with van der Waals surface area (Å²) in [4.78, 5) is 14.9. The van der Waals surface area contributed by atoms with Crippen molar-refractivity contribution in [3.63, 3.8) is 0 Å². The molecular formula is C19H26N4OS. The standard InChI is InChI=1S/C19H26N4OS/c24-19(21-18-7-10-20-23(18)16-4-1-2-5-16)8-12-22-11-3-6-17(22)15-9-13-25-14-15/h7,9-10,13-14,16-17H,1-6,8,11-12H2,(H,21,24)/t17-/m1/s1. The Hall–Kier alpha value is -1.66. The molecule has 1 N–H and O–H groups in total. The summed E-state index contributed by atoms with van der Waals surface area (Å²) < 4.78 is 2.01. The normalized spacial score (nSPS) is 21.8. The van der Waals surface area contributed by atoms with Gasteiger partial charge >= 0.3 is 0 Å². The molecule has 0 unspecified atom stereocenters. The molecule has 0 radical (unpaired) electrons. The van der Waals surface area contributed by atoms with Crippen molar-refractivity contribution >= 4 is 23.1 Å². The number of nitrogens with zero attached hydrogens (tertiary/aromatic N) is 3. The number of rotatable bonds is 6. The lowest BCUT2D eigenvalue weighted by Crippen LogP contribution is -2.28. The third kappa shape index (κ3) is 3.80. The summed E-state index contributed by atoms with van der Waals surface area (Å²) in [6.07, 6.45) is 9.61. The van der Waals surface area contributed by atoms with Gasteiger partial charge in [0.1, 0.15) is 5.82 Å². The van der Waals surface area contributed by atoms with Gasteiger partial charge < -0.3 is 5.32 Å². The fourth-order valence-corrected chi connectivity index (χ4v) is 4.95. The first-order chi connectivity index (χ1) is 12.3. The predicted octanol–water partition coefficient (Wildman–Crippen LogP) is 4.23. The monoisotopic (exact) mass is 358 g/mol. The van der Waals surface area contributed by atoms with Gasteiger partial charge in [-0.25, -0.2) is 4.68 Å². The summed E-state index contributed by atoms with van der Waals surface area (Å²) in [6.45, 7) is 1.91. The van der Waals surface area contributed by atoms with E-state index in [9.17, 15) is 4.79 Å². The Morgan fingerprint density at radius 1 is 1.24 bits per heavy atom. The van der Waals surface area contributed by atoms with Gasteiger partial charge in [-0.15, -0.1) is 0 Å². The number of thiophene rings is 1. The predicted molar refractivity (Wildman–Crippen MR) is 101 cm³/mol. The Balaban J connectivity index is 1.32. The summed E-state index contributed by atoms with van der Waals surface area (Å²) in [5.41, 5.74) is 1.40. The molecule has 0 spiro atoms. The van der Waals surface area contributed by atoms with Crippen molar-refractivity contribution < 1.29 is 4.79 Å². The molecule has 0 aromatic carbocycles. The Bertz CT molecular complexity index is 690. The lowest BCUT2D eigenvalue weighted by atomic mass is 10.1. The van der Waals surface area contributed by atoms with Crippen molar-refractivity contribution in [2.75, 3.05) is 18.4 Å². The van der Waals surface area contributed by atoms with Crippen molar-refractivity contribution in [2.45, 2.75) is 57.0 Å². The first kappa shape index (κ1) is 16.8. The molecule has 0 bridgehead atoms. The average molecular weight is 359 g/mol. The molecule has 2 aromatic rings. The molecule has 1 saturated heterocycles. The van der Waals surface area contributed by atoms with Crippen molar-refractivity contribution in [3.05, 3.63) is 34.7 Å². The summed E-state index contributed by atoms with van der Waals surface area (Å²) in [6, 6.07) is 5.07. The number of hydrogen-bond donors (Lipinski definition) is 1. The van der Waals surface area contributed by atoms with Crippen LogP contribution in [0.2, 0.25) is 0 Å². The molecule has 1 amide bonds. The maximum atomic E-state index is 12.5. The van der Waals surface area contributed by atoms with E-state index in [2.05, 4.69) is 32.1 Å². The molecule has 1 aliphatic carbocycles. The number of carbonyl (C=O) groups is 1. The molecular weight excluding hydrogens is 332 g/mol. The van der Waals surface area contributed by atoms with Crippen LogP contribution < -0.4 is 5.32 Å². The van der Waals surface area contributed by atoms with E-state index in [0.29, 0.717) is 18.5 Å². The molecule has 1 atom stereocenters. The quantitative estimate of drug-likeness (QED) is 0.841. The molecule has 1 aliphatic heterocycles. The second-order valence-corrected chi connectivity index (χ2v) is 7.93. The minimum absolute atomic E-state index is 0.0933. The van der Waals surface area contributed by atoms with E-state index >= 15 is 0 Å². The highest BCUT2D eigenvalue weighted by Gasteiger charge is 2.26. The maximum absolute atomic E-state index is 12.5. The zero-order chi connectivity index (χ0) is 17.1. The van der Waals surface area contributed by atoms with Crippen molar-refractivity contribution in [3.8, 4) is 0 Å². The smallest absolute Gasteiger partial charge is 0.226 e. The number of anilines is 1. The largest absolute Gasteiger partial charge is 0.311 e. The Morgan fingerprint density at radius 2 is 2.12 bits per heavy atom.